The normalized spacial score (nSPS) is 11.5. The van der Waals surface area contributed by atoms with Gasteiger partial charge in [0.05, 0.1) is 0 Å². The Morgan fingerprint density at radius 1 is 1.64 bits per heavy atom. The predicted molar refractivity (Wildman–Crippen MR) is 48.1 cm³/mol. The molecule has 1 atom stereocenters. The van der Waals surface area contributed by atoms with E-state index in [4.69, 9.17) is 5.11 Å². The van der Waals surface area contributed by atoms with Crippen molar-refractivity contribution in [1.82, 2.24) is 0 Å². The van der Waals surface area contributed by atoms with Crippen molar-refractivity contribution >= 4 is 0 Å². The summed E-state index contributed by atoms with van der Waals surface area (Å²) in [5.74, 6) is 5.68. The lowest BCUT2D eigenvalue weighted by molar-refractivity contribution is 0.236. The summed E-state index contributed by atoms with van der Waals surface area (Å²) in [7, 11) is 0. The lowest BCUT2D eigenvalue weighted by Crippen LogP contribution is -1.99. The van der Waals surface area contributed by atoms with Gasteiger partial charge in [-0.1, -0.05) is 25.3 Å². The first kappa shape index (κ1) is 10.3. The predicted octanol–water partition coefficient (Wildman–Crippen LogP) is 2.12. The highest BCUT2D eigenvalue weighted by atomic mass is 16.3. The Kier molecular flexibility index (Phi) is 6.87. The molecule has 0 aromatic heterocycles. The second kappa shape index (κ2) is 7.37. The van der Waals surface area contributed by atoms with Crippen LogP contribution in [-0.4, -0.2) is 11.2 Å². The highest BCUT2D eigenvalue weighted by molar-refractivity contribution is 5.05. The molecule has 1 heteroatoms. The molecule has 0 saturated heterocycles. The van der Waals surface area contributed by atoms with Gasteiger partial charge >= 0.3 is 0 Å². The molecule has 0 aliphatic heterocycles. The SMILES string of the molecule is C=CC[C@@H](O)C#CCCCC. The van der Waals surface area contributed by atoms with Crippen molar-refractivity contribution in [1.29, 1.82) is 0 Å². The Balaban J connectivity index is 3.42. The molecular weight excluding hydrogens is 136 g/mol. The van der Waals surface area contributed by atoms with Crippen molar-refractivity contribution in [2.45, 2.75) is 38.7 Å². The van der Waals surface area contributed by atoms with E-state index in [1.54, 1.807) is 6.08 Å². The van der Waals surface area contributed by atoms with E-state index in [1.807, 2.05) is 0 Å². The van der Waals surface area contributed by atoms with Gasteiger partial charge in [0, 0.05) is 12.8 Å². The zero-order valence-corrected chi connectivity index (χ0v) is 7.14. The average molecular weight is 152 g/mol. The van der Waals surface area contributed by atoms with Crippen molar-refractivity contribution in [2.75, 3.05) is 0 Å². The molecule has 0 unspecified atom stereocenters. The fraction of sp³-hybridized carbons (Fsp3) is 0.600. The van der Waals surface area contributed by atoms with Crippen LogP contribution in [0.3, 0.4) is 0 Å². The fourth-order valence-corrected chi connectivity index (χ4v) is 0.672. The number of aliphatic hydroxyl groups excluding tert-OH is 1. The molecule has 11 heavy (non-hydrogen) atoms. The molecule has 0 saturated carbocycles. The standard InChI is InChI=1S/C10H16O/c1-3-5-6-7-9-10(11)8-4-2/h4,10-11H,2-3,5-6,8H2,1H3/t10-/m1/s1. The van der Waals surface area contributed by atoms with Gasteiger partial charge in [-0.15, -0.1) is 12.5 Å². The van der Waals surface area contributed by atoms with Gasteiger partial charge in [0.15, 0.2) is 0 Å². The van der Waals surface area contributed by atoms with Crippen LogP contribution in [0.1, 0.15) is 32.6 Å². The molecule has 0 spiro atoms. The summed E-state index contributed by atoms with van der Waals surface area (Å²) in [6, 6.07) is 0. The van der Waals surface area contributed by atoms with Gasteiger partial charge in [0.1, 0.15) is 6.10 Å². The molecule has 0 aliphatic carbocycles. The Morgan fingerprint density at radius 3 is 2.91 bits per heavy atom. The molecule has 0 aliphatic rings. The molecule has 1 nitrogen and oxygen atoms in total. The van der Waals surface area contributed by atoms with Gasteiger partial charge in [-0.05, 0) is 6.42 Å². The third-order valence-corrected chi connectivity index (χ3v) is 1.31. The maximum Gasteiger partial charge on any atom is 0.118 e. The molecular formula is C10H16O. The van der Waals surface area contributed by atoms with Gasteiger partial charge in [-0.2, -0.15) is 0 Å². The van der Waals surface area contributed by atoms with Crippen LogP contribution in [0.4, 0.5) is 0 Å². The van der Waals surface area contributed by atoms with Gasteiger partial charge in [0.25, 0.3) is 0 Å². The number of hydrogen-bond donors (Lipinski definition) is 1. The van der Waals surface area contributed by atoms with Gasteiger partial charge in [-0.25, -0.2) is 0 Å². The highest BCUT2D eigenvalue weighted by Crippen LogP contribution is 1.93. The van der Waals surface area contributed by atoms with E-state index in [0.29, 0.717) is 6.42 Å². The van der Waals surface area contributed by atoms with E-state index in [-0.39, 0.29) is 0 Å². The third-order valence-electron chi connectivity index (χ3n) is 1.31. The monoisotopic (exact) mass is 152 g/mol. The summed E-state index contributed by atoms with van der Waals surface area (Å²) >= 11 is 0. The van der Waals surface area contributed by atoms with Gasteiger partial charge < -0.3 is 5.11 Å². The summed E-state index contributed by atoms with van der Waals surface area (Å²) in [5, 5.41) is 9.10. The molecule has 0 radical (unpaired) electrons. The number of aliphatic hydroxyl groups is 1. The van der Waals surface area contributed by atoms with E-state index in [2.05, 4.69) is 25.3 Å². The van der Waals surface area contributed by atoms with Crippen LogP contribution >= 0.6 is 0 Å². The summed E-state index contributed by atoms with van der Waals surface area (Å²) < 4.78 is 0. The molecule has 0 bridgehead atoms. The molecule has 0 fully saturated rings. The molecule has 0 amide bonds. The molecule has 0 heterocycles. The Morgan fingerprint density at radius 2 is 2.36 bits per heavy atom. The lowest BCUT2D eigenvalue weighted by atomic mass is 10.2. The first-order chi connectivity index (χ1) is 5.31. The topological polar surface area (TPSA) is 20.2 Å². The van der Waals surface area contributed by atoms with Crippen molar-refractivity contribution < 1.29 is 5.11 Å². The van der Waals surface area contributed by atoms with Crippen LogP contribution < -0.4 is 0 Å². The minimum absolute atomic E-state index is 0.510. The zero-order valence-electron chi connectivity index (χ0n) is 7.14. The lowest BCUT2D eigenvalue weighted by Gasteiger charge is -1.94. The van der Waals surface area contributed by atoms with Crippen molar-refractivity contribution in [2.24, 2.45) is 0 Å². The van der Waals surface area contributed by atoms with Crippen molar-refractivity contribution in [3.05, 3.63) is 12.7 Å². The maximum atomic E-state index is 9.10. The molecule has 0 aromatic rings. The Bertz CT molecular complexity index is 150. The van der Waals surface area contributed by atoms with E-state index in [1.165, 1.54) is 0 Å². The fourth-order valence-electron chi connectivity index (χ4n) is 0.672. The van der Waals surface area contributed by atoms with Crippen molar-refractivity contribution in [3.8, 4) is 11.8 Å². The summed E-state index contributed by atoms with van der Waals surface area (Å²) in [4.78, 5) is 0. The van der Waals surface area contributed by atoms with Crippen LogP contribution in [-0.2, 0) is 0 Å². The van der Waals surface area contributed by atoms with Crippen LogP contribution in [0.2, 0.25) is 0 Å². The maximum absolute atomic E-state index is 9.10. The first-order valence-corrected chi connectivity index (χ1v) is 4.08. The van der Waals surface area contributed by atoms with E-state index >= 15 is 0 Å². The molecule has 62 valence electrons. The van der Waals surface area contributed by atoms with Crippen molar-refractivity contribution in [3.63, 3.8) is 0 Å². The highest BCUT2D eigenvalue weighted by Gasteiger charge is 1.91. The van der Waals surface area contributed by atoms with Crippen LogP contribution in [0, 0.1) is 11.8 Å². The molecule has 0 aromatic carbocycles. The minimum Gasteiger partial charge on any atom is -0.380 e. The summed E-state index contributed by atoms with van der Waals surface area (Å²) in [6.07, 6.45) is 4.91. The second-order valence-corrected chi connectivity index (χ2v) is 2.46. The first-order valence-electron chi connectivity index (χ1n) is 4.08. The summed E-state index contributed by atoms with van der Waals surface area (Å²) in [6.45, 7) is 5.64. The molecule has 1 N–H and O–H groups in total. The summed E-state index contributed by atoms with van der Waals surface area (Å²) in [5.41, 5.74) is 0. The Labute approximate surface area is 69.1 Å². The number of unbranched alkanes of at least 4 members (excludes halogenated alkanes) is 2. The van der Waals surface area contributed by atoms with E-state index < -0.39 is 6.10 Å². The largest absolute Gasteiger partial charge is 0.380 e. The quantitative estimate of drug-likeness (QED) is 0.371. The zero-order chi connectivity index (χ0) is 8.53. The number of hydrogen-bond acceptors (Lipinski definition) is 1. The van der Waals surface area contributed by atoms with Crippen LogP contribution in [0.15, 0.2) is 12.7 Å². The van der Waals surface area contributed by atoms with Gasteiger partial charge in [-0.3, -0.25) is 0 Å². The average Bonchev–Trinajstić information content (AvgIpc) is 1.99. The minimum atomic E-state index is -0.510. The number of rotatable bonds is 4. The van der Waals surface area contributed by atoms with Crippen LogP contribution in [0.5, 0.6) is 0 Å². The second-order valence-electron chi connectivity index (χ2n) is 2.46. The third kappa shape index (κ3) is 7.15. The Hall–Kier alpha value is -0.740. The van der Waals surface area contributed by atoms with Crippen LogP contribution in [0.25, 0.3) is 0 Å². The van der Waals surface area contributed by atoms with Gasteiger partial charge in [0.2, 0.25) is 0 Å². The van der Waals surface area contributed by atoms with E-state index in [0.717, 1.165) is 19.3 Å². The smallest absolute Gasteiger partial charge is 0.118 e. The molecule has 0 rings (SSSR count). The van der Waals surface area contributed by atoms with E-state index in [9.17, 15) is 0 Å².